The van der Waals surface area contributed by atoms with E-state index >= 15 is 0 Å². The summed E-state index contributed by atoms with van der Waals surface area (Å²) in [6.07, 6.45) is -1.15. The number of alkyl halides is 2. The van der Waals surface area contributed by atoms with Crippen LogP contribution in [0.15, 0.2) is 77.7 Å². The smallest absolute Gasteiger partial charge is 0.255 e. The van der Waals surface area contributed by atoms with Crippen LogP contribution in [0.4, 0.5) is 8.78 Å². The van der Waals surface area contributed by atoms with E-state index in [1.807, 2.05) is 44.2 Å². The number of halogens is 2. The van der Waals surface area contributed by atoms with Gasteiger partial charge >= 0.3 is 0 Å². The van der Waals surface area contributed by atoms with Crippen molar-refractivity contribution in [3.8, 4) is 11.1 Å². The molecule has 3 aromatic rings. The number of piperidine rings is 1. The highest BCUT2D eigenvalue weighted by molar-refractivity contribution is 6.00. The minimum atomic E-state index is -2.68. The van der Waals surface area contributed by atoms with Gasteiger partial charge in [0.25, 0.3) is 11.5 Å². The third-order valence-corrected chi connectivity index (χ3v) is 7.97. The molecule has 2 amide bonds. The van der Waals surface area contributed by atoms with Gasteiger partial charge in [0.1, 0.15) is 0 Å². The maximum absolute atomic E-state index is 13.8. The van der Waals surface area contributed by atoms with Gasteiger partial charge in [0.05, 0.1) is 23.6 Å². The summed E-state index contributed by atoms with van der Waals surface area (Å²) in [5.74, 6) is -1.84. The number of hydrogen-bond donors (Lipinski definition) is 1. The molecule has 4 rings (SSSR count). The van der Waals surface area contributed by atoms with Crippen LogP contribution in [0, 0.1) is 0 Å². The van der Waals surface area contributed by atoms with E-state index in [9.17, 15) is 28.3 Å². The molecule has 1 fully saturated rings. The zero-order valence-electron chi connectivity index (χ0n) is 23.7. The lowest BCUT2D eigenvalue weighted by atomic mass is 9.89. The first-order valence-electron chi connectivity index (χ1n) is 13.9. The second-order valence-corrected chi connectivity index (χ2v) is 11.1. The maximum Gasteiger partial charge on any atom is 0.255 e. The molecule has 1 aliphatic rings. The van der Waals surface area contributed by atoms with Gasteiger partial charge < -0.3 is 19.5 Å². The highest BCUT2D eigenvalue weighted by Gasteiger charge is 2.36. The molecule has 1 aliphatic heterocycles. The number of nitrogens with zero attached hydrogens (tertiary/aromatic N) is 3. The molecular weight excluding hydrogens is 528 g/mol. The molecule has 2 heterocycles. The Morgan fingerprint density at radius 1 is 1.00 bits per heavy atom. The van der Waals surface area contributed by atoms with E-state index in [1.165, 1.54) is 21.7 Å². The van der Waals surface area contributed by atoms with Crippen molar-refractivity contribution >= 4 is 11.8 Å². The summed E-state index contributed by atoms with van der Waals surface area (Å²) in [5.41, 5.74) is 0.352. The van der Waals surface area contributed by atoms with Crippen molar-refractivity contribution in [1.29, 1.82) is 0 Å². The fourth-order valence-electron chi connectivity index (χ4n) is 5.17. The standard InChI is InChI=1S/C32H37F2N3O4/c1-22(2)35(3)31(40)27-20-37(29(39)18-25(27)23-10-6-4-7-11-23)21-32(41)14-16-36(17-15-32)28(38)19-26(30(33)34)24-12-8-5-9-13-24/h4-13,18,20,22,26,30,41H,14-17,19,21H2,1-3H3. The van der Waals surface area contributed by atoms with Gasteiger partial charge in [0, 0.05) is 50.4 Å². The van der Waals surface area contributed by atoms with E-state index in [2.05, 4.69) is 0 Å². The van der Waals surface area contributed by atoms with Crippen LogP contribution in [-0.2, 0) is 11.3 Å². The van der Waals surface area contributed by atoms with Gasteiger partial charge in [0.15, 0.2) is 0 Å². The second-order valence-electron chi connectivity index (χ2n) is 11.1. The van der Waals surface area contributed by atoms with Crippen LogP contribution in [0.1, 0.15) is 54.9 Å². The van der Waals surface area contributed by atoms with Gasteiger partial charge in [-0.1, -0.05) is 60.7 Å². The number of aliphatic hydroxyl groups is 1. The summed E-state index contributed by atoms with van der Waals surface area (Å²) < 4.78 is 28.9. The maximum atomic E-state index is 13.8. The largest absolute Gasteiger partial charge is 0.388 e. The summed E-state index contributed by atoms with van der Waals surface area (Å²) >= 11 is 0. The van der Waals surface area contributed by atoms with E-state index in [0.29, 0.717) is 16.7 Å². The number of amides is 2. The summed E-state index contributed by atoms with van der Waals surface area (Å²) in [6.45, 7) is 4.10. The number of rotatable bonds is 9. The Balaban J connectivity index is 1.51. The molecule has 0 aliphatic carbocycles. The molecule has 0 radical (unpaired) electrons. The van der Waals surface area contributed by atoms with E-state index in [1.54, 1.807) is 42.3 Å². The van der Waals surface area contributed by atoms with E-state index in [-0.39, 0.29) is 56.4 Å². The molecule has 2 aromatic carbocycles. The van der Waals surface area contributed by atoms with E-state index in [4.69, 9.17) is 0 Å². The van der Waals surface area contributed by atoms with Crippen LogP contribution in [0.5, 0.6) is 0 Å². The second kappa shape index (κ2) is 12.8. The third kappa shape index (κ3) is 7.08. The molecule has 7 nitrogen and oxygen atoms in total. The minimum Gasteiger partial charge on any atom is -0.388 e. The third-order valence-electron chi connectivity index (χ3n) is 7.97. The van der Waals surface area contributed by atoms with E-state index < -0.39 is 23.9 Å². The number of carbonyl (C=O) groups is 2. The van der Waals surface area contributed by atoms with Crippen molar-refractivity contribution in [2.75, 3.05) is 20.1 Å². The van der Waals surface area contributed by atoms with Crippen LogP contribution in [0.25, 0.3) is 11.1 Å². The number of pyridine rings is 1. The number of hydrogen-bond acceptors (Lipinski definition) is 4. The molecule has 1 aromatic heterocycles. The number of aromatic nitrogens is 1. The molecular formula is C32H37F2N3O4. The Morgan fingerprint density at radius 2 is 1.59 bits per heavy atom. The Morgan fingerprint density at radius 3 is 2.15 bits per heavy atom. The van der Waals surface area contributed by atoms with Gasteiger partial charge in [-0.05, 0) is 37.8 Å². The first-order chi connectivity index (χ1) is 19.5. The van der Waals surface area contributed by atoms with Crippen LogP contribution in [-0.4, -0.2) is 69.5 Å². The molecule has 1 unspecified atom stereocenters. The van der Waals surface area contributed by atoms with Crippen molar-refractivity contribution in [2.24, 2.45) is 0 Å². The minimum absolute atomic E-state index is 0.0573. The molecule has 1 atom stereocenters. The zero-order chi connectivity index (χ0) is 29.7. The van der Waals surface area contributed by atoms with Crippen LogP contribution in [0.2, 0.25) is 0 Å². The summed E-state index contributed by atoms with van der Waals surface area (Å²) in [7, 11) is 1.70. The number of carbonyl (C=O) groups excluding carboxylic acids is 2. The quantitative estimate of drug-likeness (QED) is 0.405. The molecule has 9 heteroatoms. The summed E-state index contributed by atoms with van der Waals surface area (Å²) in [5, 5.41) is 11.4. The zero-order valence-corrected chi connectivity index (χ0v) is 23.7. The topological polar surface area (TPSA) is 82.8 Å². The normalized spacial score (nSPS) is 15.7. The Hall–Kier alpha value is -3.85. The number of likely N-dealkylation sites (tertiary alicyclic amines) is 1. The van der Waals surface area contributed by atoms with Gasteiger partial charge in [-0.2, -0.15) is 0 Å². The SMILES string of the molecule is CC(C)N(C)C(=O)c1cn(CC2(O)CCN(C(=O)CC(c3ccccc3)C(F)F)CC2)c(=O)cc1-c1ccccc1. The van der Waals surface area contributed by atoms with Crippen molar-refractivity contribution < 1.29 is 23.5 Å². The first-order valence-corrected chi connectivity index (χ1v) is 13.9. The van der Waals surface area contributed by atoms with Crippen molar-refractivity contribution in [3.05, 3.63) is 94.4 Å². The fraction of sp³-hybridized carbons (Fsp3) is 0.406. The fourth-order valence-corrected chi connectivity index (χ4v) is 5.17. The van der Waals surface area contributed by atoms with Crippen molar-refractivity contribution in [1.82, 2.24) is 14.4 Å². The molecule has 41 heavy (non-hydrogen) atoms. The molecule has 218 valence electrons. The van der Waals surface area contributed by atoms with E-state index in [0.717, 1.165) is 5.56 Å². The lowest BCUT2D eigenvalue weighted by Crippen LogP contribution is -2.50. The molecule has 0 saturated carbocycles. The molecule has 1 N–H and O–H groups in total. The Labute approximate surface area is 239 Å². The molecule has 1 saturated heterocycles. The lowest BCUT2D eigenvalue weighted by Gasteiger charge is -2.39. The van der Waals surface area contributed by atoms with Gasteiger partial charge in [-0.15, -0.1) is 0 Å². The summed E-state index contributed by atoms with van der Waals surface area (Å²) in [4.78, 5) is 42.6. The number of benzene rings is 2. The van der Waals surface area contributed by atoms with Gasteiger partial charge in [-0.25, -0.2) is 8.78 Å². The highest BCUT2D eigenvalue weighted by Crippen LogP contribution is 2.30. The average molecular weight is 566 g/mol. The van der Waals surface area contributed by atoms with Crippen molar-refractivity contribution in [2.45, 2.75) is 63.6 Å². The highest BCUT2D eigenvalue weighted by atomic mass is 19.3. The predicted molar refractivity (Wildman–Crippen MR) is 154 cm³/mol. The van der Waals surface area contributed by atoms with Crippen LogP contribution in [0.3, 0.4) is 0 Å². The predicted octanol–water partition coefficient (Wildman–Crippen LogP) is 4.79. The van der Waals surface area contributed by atoms with Crippen LogP contribution >= 0.6 is 0 Å². The van der Waals surface area contributed by atoms with Crippen LogP contribution < -0.4 is 5.56 Å². The Kier molecular flexibility index (Phi) is 9.38. The first kappa shape index (κ1) is 30.1. The average Bonchev–Trinajstić information content (AvgIpc) is 2.96. The summed E-state index contributed by atoms with van der Waals surface area (Å²) in [6, 6.07) is 18.8. The van der Waals surface area contributed by atoms with Gasteiger partial charge in [-0.3, -0.25) is 14.4 Å². The monoisotopic (exact) mass is 565 g/mol. The Bertz CT molecular complexity index is 1400. The lowest BCUT2D eigenvalue weighted by molar-refractivity contribution is -0.137. The molecule has 0 spiro atoms. The molecule has 0 bridgehead atoms. The van der Waals surface area contributed by atoms with Gasteiger partial charge in [0.2, 0.25) is 12.3 Å². The van der Waals surface area contributed by atoms with Crippen molar-refractivity contribution in [3.63, 3.8) is 0 Å².